The SMILES string of the molecule is C[C@H](NC(=O)Cn1nnc2ccccc2c1=O)c1ccc(OC(F)(F)F)cc1O. The van der Waals surface area contributed by atoms with Crippen LogP contribution in [-0.2, 0) is 11.3 Å². The van der Waals surface area contributed by atoms with Gasteiger partial charge in [0.15, 0.2) is 0 Å². The van der Waals surface area contributed by atoms with E-state index in [0.29, 0.717) is 10.9 Å². The van der Waals surface area contributed by atoms with E-state index >= 15 is 0 Å². The molecule has 0 unspecified atom stereocenters. The van der Waals surface area contributed by atoms with Crippen LogP contribution in [0.15, 0.2) is 47.3 Å². The molecule has 0 aliphatic carbocycles. The summed E-state index contributed by atoms with van der Waals surface area (Å²) in [6.07, 6.45) is -4.89. The molecule has 1 aromatic heterocycles. The Labute approximate surface area is 161 Å². The third-order valence-corrected chi connectivity index (χ3v) is 4.00. The minimum atomic E-state index is -4.89. The fourth-order valence-corrected chi connectivity index (χ4v) is 2.71. The first kappa shape index (κ1) is 20.1. The number of hydrogen-bond donors (Lipinski definition) is 2. The zero-order valence-corrected chi connectivity index (χ0v) is 15.0. The molecule has 0 aliphatic heterocycles. The lowest BCUT2D eigenvalue weighted by Gasteiger charge is -2.17. The van der Waals surface area contributed by atoms with Gasteiger partial charge >= 0.3 is 6.36 Å². The summed E-state index contributed by atoms with van der Waals surface area (Å²) >= 11 is 0. The topological polar surface area (TPSA) is 106 Å². The quantitative estimate of drug-likeness (QED) is 0.671. The first-order valence-corrected chi connectivity index (χ1v) is 8.34. The lowest BCUT2D eigenvalue weighted by atomic mass is 10.1. The summed E-state index contributed by atoms with van der Waals surface area (Å²) in [5.74, 6) is -1.67. The highest BCUT2D eigenvalue weighted by Crippen LogP contribution is 2.31. The molecule has 152 valence electrons. The van der Waals surface area contributed by atoms with Crippen LogP contribution in [0.3, 0.4) is 0 Å². The highest BCUT2D eigenvalue weighted by atomic mass is 19.4. The van der Waals surface area contributed by atoms with Gasteiger partial charge in [0.05, 0.1) is 11.4 Å². The number of aromatic nitrogens is 3. The predicted molar refractivity (Wildman–Crippen MR) is 95.1 cm³/mol. The fraction of sp³-hybridized carbons (Fsp3) is 0.222. The molecule has 0 fully saturated rings. The summed E-state index contributed by atoms with van der Waals surface area (Å²) in [6.45, 7) is 1.10. The molecule has 0 bridgehead atoms. The third kappa shape index (κ3) is 4.81. The van der Waals surface area contributed by atoms with Crippen molar-refractivity contribution in [3.63, 3.8) is 0 Å². The molecule has 0 saturated heterocycles. The normalized spacial score (nSPS) is 12.6. The van der Waals surface area contributed by atoms with E-state index in [1.165, 1.54) is 13.0 Å². The molecule has 8 nitrogen and oxygen atoms in total. The Morgan fingerprint density at radius 1 is 1.28 bits per heavy atom. The standard InChI is InChI=1S/C18H15F3N4O4/c1-10(12-7-6-11(8-15(12)26)29-18(19,20)21)22-16(27)9-25-17(28)13-4-2-3-5-14(13)23-24-25/h2-8,10,26H,9H2,1H3,(H,22,27)/t10-/m0/s1. The number of benzene rings is 2. The minimum Gasteiger partial charge on any atom is -0.507 e. The van der Waals surface area contributed by atoms with Crippen molar-refractivity contribution in [2.24, 2.45) is 0 Å². The molecule has 0 radical (unpaired) electrons. The first-order valence-electron chi connectivity index (χ1n) is 8.34. The second-order valence-electron chi connectivity index (χ2n) is 6.13. The Morgan fingerprint density at radius 2 is 2.00 bits per heavy atom. The highest BCUT2D eigenvalue weighted by Gasteiger charge is 2.31. The van der Waals surface area contributed by atoms with Gasteiger partial charge in [-0.1, -0.05) is 17.3 Å². The van der Waals surface area contributed by atoms with Crippen LogP contribution >= 0.6 is 0 Å². The number of amides is 1. The Hall–Kier alpha value is -3.63. The molecule has 0 saturated carbocycles. The van der Waals surface area contributed by atoms with Crippen molar-refractivity contribution in [3.05, 3.63) is 58.4 Å². The summed E-state index contributed by atoms with van der Waals surface area (Å²) in [4.78, 5) is 24.6. The van der Waals surface area contributed by atoms with Crippen molar-refractivity contribution in [2.45, 2.75) is 25.9 Å². The van der Waals surface area contributed by atoms with Gasteiger partial charge in [0.2, 0.25) is 5.91 Å². The van der Waals surface area contributed by atoms with Crippen LogP contribution in [0.1, 0.15) is 18.5 Å². The van der Waals surface area contributed by atoms with Gasteiger partial charge in [0, 0.05) is 11.6 Å². The monoisotopic (exact) mass is 408 g/mol. The number of aromatic hydroxyl groups is 1. The van der Waals surface area contributed by atoms with Crippen molar-refractivity contribution in [2.75, 3.05) is 0 Å². The van der Waals surface area contributed by atoms with Crippen molar-refractivity contribution < 1.29 is 27.8 Å². The molecule has 0 spiro atoms. The first-order chi connectivity index (χ1) is 13.6. The van der Waals surface area contributed by atoms with E-state index in [4.69, 9.17) is 0 Å². The second-order valence-corrected chi connectivity index (χ2v) is 6.13. The molecule has 1 amide bonds. The molecular weight excluding hydrogens is 393 g/mol. The van der Waals surface area contributed by atoms with Gasteiger partial charge in [-0.2, -0.15) is 0 Å². The number of phenolic OH excluding ortho intramolecular Hbond substituents is 1. The summed E-state index contributed by atoms with van der Waals surface area (Å²) in [6, 6.07) is 8.79. The van der Waals surface area contributed by atoms with Crippen molar-refractivity contribution >= 4 is 16.8 Å². The smallest absolute Gasteiger partial charge is 0.507 e. The molecule has 2 N–H and O–H groups in total. The van der Waals surface area contributed by atoms with Crippen LogP contribution in [0.5, 0.6) is 11.5 Å². The molecule has 1 heterocycles. The number of nitrogens with zero attached hydrogens (tertiary/aromatic N) is 3. The third-order valence-electron chi connectivity index (χ3n) is 4.00. The van der Waals surface area contributed by atoms with Crippen molar-refractivity contribution in [1.29, 1.82) is 0 Å². The van der Waals surface area contributed by atoms with Gasteiger partial charge in [-0.25, -0.2) is 4.68 Å². The van der Waals surface area contributed by atoms with Gasteiger partial charge in [-0.15, -0.1) is 18.3 Å². The van der Waals surface area contributed by atoms with Crippen LogP contribution in [-0.4, -0.2) is 32.4 Å². The largest absolute Gasteiger partial charge is 0.573 e. The minimum absolute atomic E-state index is 0.171. The van der Waals surface area contributed by atoms with E-state index in [9.17, 15) is 27.9 Å². The Kier molecular flexibility index (Phi) is 5.39. The van der Waals surface area contributed by atoms with Crippen LogP contribution < -0.4 is 15.6 Å². The van der Waals surface area contributed by atoms with Crippen LogP contribution in [0.25, 0.3) is 10.9 Å². The molecule has 2 aromatic carbocycles. The number of rotatable bonds is 5. The second kappa shape index (κ2) is 7.78. The van der Waals surface area contributed by atoms with E-state index in [1.807, 2.05) is 0 Å². The van der Waals surface area contributed by atoms with Gasteiger partial charge < -0.3 is 15.2 Å². The number of carbonyl (C=O) groups excluding carboxylic acids is 1. The maximum Gasteiger partial charge on any atom is 0.573 e. The van der Waals surface area contributed by atoms with Gasteiger partial charge in [-0.05, 0) is 31.2 Å². The average molecular weight is 408 g/mol. The number of carbonyl (C=O) groups is 1. The number of ether oxygens (including phenoxy) is 1. The van der Waals surface area contributed by atoms with Gasteiger partial charge in [-0.3, -0.25) is 9.59 Å². The molecule has 11 heteroatoms. The Balaban J connectivity index is 1.71. The number of hydrogen-bond acceptors (Lipinski definition) is 6. The lowest BCUT2D eigenvalue weighted by Crippen LogP contribution is -2.35. The molecule has 1 atom stereocenters. The number of alkyl halides is 3. The highest BCUT2D eigenvalue weighted by molar-refractivity contribution is 5.78. The van der Waals surface area contributed by atoms with Gasteiger partial charge in [0.25, 0.3) is 5.56 Å². The van der Waals surface area contributed by atoms with Crippen molar-refractivity contribution in [1.82, 2.24) is 20.3 Å². The van der Waals surface area contributed by atoms with Crippen LogP contribution in [0.4, 0.5) is 13.2 Å². The summed E-state index contributed by atoms with van der Waals surface area (Å²) < 4.78 is 41.3. The van der Waals surface area contributed by atoms with Gasteiger partial charge in [0.1, 0.15) is 23.6 Å². The van der Waals surface area contributed by atoms with E-state index < -0.39 is 41.9 Å². The maximum atomic E-state index is 12.4. The molecule has 0 aliphatic rings. The van der Waals surface area contributed by atoms with Crippen molar-refractivity contribution in [3.8, 4) is 11.5 Å². The van der Waals surface area contributed by atoms with Crippen LogP contribution in [0, 0.1) is 0 Å². The van der Waals surface area contributed by atoms with E-state index in [2.05, 4.69) is 20.4 Å². The summed E-state index contributed by atoms with van der Waals surface area (Å²) in [5, 5.41) is 20.4. The number of fused-ring (bicyclic) bond motifs is 1. The number of phenols is 1. The van der Waals surface area contributed by atoms with E-state index in [-0.39, 0.29) is 5.56 Å². The summed E-state index contributed by atoms with van der Waals surface area (Å²) in [7, 11) is 0. The summed E-state index contributed by atoms with van der Waals surface area (Å²) in [5.41, 5.74) is 0.0772. The molecule has 29 heavy (non-hydrogen) atoms. The van der Waals surface area contributed by atoms with E-state index in [0.717, 1.165) is 16.8 Å². The lowest BCUT2D eigenvalue weighted by molar-refractivity contribution is -0.274. The predicted octanol–water partition coefficient (Wildman–Crippen LogP) is 2.27. The number of nitrogens with one attached hydrogen (secondary N) is 1. The average Bonchev–Trinajstić information content (AvgIpc) is 2.63. The molecule has 3 aromatic rings. The molecular formula is C18H15F3N4O4. The Morgan fingerprint density at radius 3 is 2.69 bits per heavy atom. The van der Waals surface area contributed by atoms with Crippen LogP contribution in [0.2, 0.25) is 0 Å². The maximum absolute atomic E-state index is 12.4. The molecule has 3 rings (SSSR count). The zero-order valence-electron chi connectivity index (χ0n) is 15.0. The fourth-order valence-electron chi connectivity index (χ4n) is 2.71. The Bertz CT molecular complexity index is 1110. The van der Waals surface area contributed by atoms with E-state index in [1.54, 1.807) is 24.3 Å². The zero-order chi connectivity index (χ0) is 21.2. The number of halogens is 3.